The number of nitrogens with one attached hydrogen (secondary N) is 1. The second-order valence-corrected chi connectivity index (χ2v) is 6.37. The van der Waals surface area contributed by atoms with Gasteiger partial charge in [0.15, 0.2) is 17.6 Å². The van der Waals surface area contributed by atoms with Gasteiger partial charge in [-0.3, -0.25) is 0 Å². The Morgan fingerprint density at radius 1 is 1.25 bits per heavy atom. The van der Waals surface area contributed by atoms with Crippen LogP contribution >= 0.6 is 11.3 Å². The number of fused-ring (bicyclic) bond motifs is 1. The number of rotatable bonds is 3. The molecule has 106 valence electrons. The van der Waals surface area contributed by atoms with Crippen molar-refractivity contribution in [2.24, 2.45) is 0 Å². The molecule has 1 aliphatic rings. The van der Waals surface area contributed by atoms with E-state index in [-0.39, 0.29) is 12.1 Å². The van der Waals surface area contributed by atoms with Crippen LogP contribution in [0.4, 0.5) is 0 Å². The summed E-state index contributed by atoms with van der Waals surface area (Å²) in [4.78, 5) is 2.66. The van der Waals surface area contributed by atoms with E-state index in [1.807, 2.05) is 42.6 Å². The molecule has 2 aromatic rings. The summed E-state index contributed by atoms with van der Waals surface area (Å²) in [6.45, 7) is 4.86. The van der Waals surface area contributed by atoms with Crippen LogP contribution in [0.15, 0.2) is 30.3 Å². The number of hydrogen-bond acceptors (Lipinski definition) is 4. The summed E-state index contributed by atoms with van der Waals surface area (Å²) in [5, 5.41) is 3.38. The van der Waals surface area contributed by atoms with E-state index >= 15 is 0 Å². The molecule has 0 spiro atoms. The first-order chi connectivity index (χ1) is 9.69. The zero-order valence-corrected chi connectivity index (χ0v) is 12.8. The fourth-order valence-electron chi connectivity index (χ4n) is 2.65. The van der Waals surface area contributed by atoms with Gasteiger partial charge in [-0.1, -0.05) is 12.1 Å². The lowest BCUT2D eigenvalue weighted by molar-refractivity contribution is 0.0646. The van der Waals surface area contributed by atoms with Gasteiger partial charge < -0.3 is 14.8 Å². The van der Waals surface area contributed by atoms with Crippen LogP contribution in [-0.4, -0.2) is 19.8 Å². The standard InChI is InChI=1S/C16H19NO2S/c1-10-8-11(2)20-16(10)15(17-3)14-9-18-12-6-4-5-7-13(12)19-14/h4-8,14-15,17H,9H2,1-3H3. The normalized spacial score (nSPS) is 18.9. The first-order valence-electron chi connectivity index (χ1n) is 6.81. The molecule has 0 bridgehead atoms. The van der Waals surface area contributed by atoms with Gasteiger partial charge in [-0.15, -0.1) is 11.3 Å². The lowest BCUT2D eigenvalue weighted by Crippen LogP contribution is -2.40. The second-order valence-electron chi connectivity index (χ2n) is 5.08. The van der Waals surface area contributed by atoms with Crippen LogP contribution in [0.25, 0.3) is 0 Å². The number of ether oxygens (including phenoxy) is 2. The van der Waals surface area contributed by atoms with Crippen molar-refractivity contribution >= 4 is 11.3 Å². The molecule has 1 aliphatic heterocycles. The Morgan fingerprint density at radius 2 is 2.00 bits per heavy atom. The summed E-state index contributed by atoms with van der Waals surface area (Å²) < 4.78 is 11.9. The Morgan fingerprint density at radius 3 is 2.65 bits per heavy atom. The highest BCUT2D eigenvalue weighted by atomic mass is 32.1. The maximum absolute atomic E-state index is 6.12. The van der Waals surface area contributed by atoms with E-state index in [1.54, 1.807) is 0 Å². The maximum Gasteiger partial charge on any atom is 0.161 e. The SMILES string of the molecule is CNC(c1sc(C)cc1C)C1COc2ccccc2O1. The summed E-state index contributed by atoms with van der Waals surface area (Å²) in [7, 11) is 1.98. The molecule has 0 saturated carbocycles. The van der Waals surface area contributed by atoms with Gasteiger partial charge in [0.1, 0.15) is 6.61 Å². The van der Waals surface area contributed by atoms with Crippen molar-refractivity contribution in [2.45, 2.75) is 26.0 Å². The third kappa shape index (κ3) is 2.41. The van der Waals surface area contributed by atoms with Gasteiger partial charge in [-0.05, 0) is 44.7 Å². The molecule has 2 unspecified atom stereocenters. The van der Waals surface area contributed by atoms with Crippen LogP contribution in [0.3, 0.4) is 0 Å². The summed E-state index contributed by atoms with van der Waals surface area (Å²) in [6, 6.07) is 10.2. The van der Waals surface area contributed by atoms with Gasteiger partial charge in [0.05, 0.1) is 6.04 Å². The van der Waals surface area contributed by atoms with E-state index in [9.17, 15) is 0 Å². The second kappa shape index (κ2) is 5.46. The third-order valence-corrected chi connectivity index (χ3v) is 4.81. The molecule has 0 saturated heterocycles. The first-order valence-corrected chi connectivity index (χ1v) is 7.63. The van der Waals surface area contributed by atoms with Gasteiger partial charge in [0, 0.05) is 9.75 Å². The molecule has 20 heavy (non-hydrogen) atoms. The smallest absolute Gasteiger partial charge is 0.161 e. The Balaban J connectivity index is 1.87. The van der Waals surface area contributed by atoms with Crippen molar-refractivity contribution in [3.63, 3.8) is 0 Å². The lowest BCUT2D eigenvalue weighted by atomic mass is 10.1. The molecular formula is C16H19NO2S. The van der Waals surface area contributed by atoms with E-state index in [2.05, 4.69) is 25.2 Å². The average Bonchev–Trinajstić information content (AvgIpc) is 2.78. The fraction of sp³-hybridized carbons (Fsp3) is 0.375. The van der Waals surface area contributed by atoms with Crippen molar-refractivity contribution in [1.29, 1.82) is 0 Å². The minimum Gasteiger partial charge on any atom is -0.486 e. The summed E-state index contributed by atoms with van der Waals surface area (Å²) >= 11 is 1.82. The Labute approximate surface area is 123 Å². The fourth-order valence-corrected chi connectivity index (χ4v) is 3.85. The van der Waals surface area contributed by atoms with Crippen LogP contribution in [0, 0.1) is 13.8 Å². The zero-order valence-electron chi connectivity index (χ0n) is 12.0. The Bertz CT molecular complexity index is 608. The van der Waals surface area contributed by atoms with Crippen LogP contribution in [0.5, 0.6) is 11.5 Å². The average molecular weight is 289 g/mol. The summed E-state index contributed by atoms with van der Waals surface area (Å²) in [6.07, 6.45) is -0.00773. The quantitative estimate of drug-likeness (QED) is 0.938. The molecule has 0 amide bonds. The molecule has 1 aromatic carbocycles. The molecule has 1 aromatic heterocycles. The number of hydrogen-bond donors (Lipinski definition) is 1. The van der Waals surface area contributed by atoms with Gasteiger partial charge in [0.25, 0.3) is 0 Å². The van der Waals surface area contributed by atoms with Crippen molar-refractivity contribution in [1.82, 2.24) is 5.32 Å². The zero-order chi connectivity index (χ0) is 14.1. The van der Waals surface area contributed by atoms with Crippen molar-refractivity contribution in [2.75, 3.05) is 13.7 Å². The highest BCUT2D eigenvalue weighted by molar-refractivity contribution is 7.12. The molecular weight excluding hydrogens is 270 g/mol. The molecule has 2 atom stereocenters. The summed E-state index contributed by atoms with van der Waals surface area (Å²) in [5.41, 5.74) is 1.31. The van der Waals surface area contributed by atoms with Crippen LogP contribution in [0.2, 0.25) is 0 Å². The summed E-state index contributed by atoms with van der Waals surface area (Å²) in [5.74, 6) is 1.66. The number of para-hydroxylation sites is 2. The van der Waals surface area contributed by atoms with Crippen LogP contribution in [-0.2, 0) is 0 Å². The predicted molar refractivity (Wildman–Crippen MR) is 81.9 cm³/mol. The van der Waals surface area contributed by atoms with Gasteiger partial charge in [0.2, 0.25) is 0 Å². The molecule has 2 heterocycles. The number of benzene rings is 1. The van der Waals surface area contributed by atoms with Gasteiger partial charge in [-0.25, -0.2) is 0 Å². The van der Waals surface area contributed by atoms with E-state index < -0.39 is 0 Å². The Kier molecular flexibility index (Phi) is 3.68. The molecule has 3 rings (SSSR count). The van der Waals surface area contributed by atoms with Gasteiger partial charge in [-0.2, -0.15) is 0 Å². The maximum atomic E-state index is 6.12. The third-order valence-electron chi connectivity index (χ3n) is 3.58. The lowest BCUT2D eigenvalue weighted by Gasteiger charge is -2.32. The van der Waals surface area contributed by atoms with Crippen molar-refractivity contribution in [3.05, 3.63) is 45.6 Å². The van der Waals surface area contributed by atoms with Gasteiger partial charge >= 0.3 is 0 Å². The van der Waals surface area contributed by atoms with E-state index in [0.29, 0.717) is 6.61 Å². The topological polar surface area (TPSA) is 30.5 Å². The minimum atomic E-state index is -0.00773. The Hall–Kier alpha value is -1.52. The molecule has 1 N–H and O–H groups in total. The van der Waals surface area contributed by atoms with E-state index in [4.69, 9.17) is 9.47 Å². The molecule has 3 nitrogen and oxygen atoms in total. The molecule has 4 heteroatoms. The number of thiophene rings is 1. The number of aryl methyl sites for hydroxylation is 2. The number of likely N-dealkylation sites (N-methyl/N-ethyl adjacent to an activating group) is 1. The molecule has 0 fully saturated rings. The van der Waals surface area contributed by atoms with E-state index in [1.165, 1.54) is 15.3 Å². The largest absolute Gasteiger partial charge is 0.486 e. The predicted octanol–water partition coefficient (Wildman–Crippen LogP) is 3.47. The van der Waals surface area contributed by atoms with E-state index in [0.717, 1.165) is 11.5 Å². The highest BCUT2D eigenvalue weighted by Gasteiger charge is 2.30. The first kappa shape index (κ1) is 13.5. The monoisotopic (exact) mass is 289 g/mol. The van der Waals surface area contributed by atoms with Crippen LogP contribution in [0.1, 0.15) is 21.4 Å². The minimum absolute atomic E-state index is 0.00773. The molecule has 0 aliphatic carbocycles. The van der Waals surface area contributed by atoms with Crippen molar-refractivity contribution < 1.29 is 9.47 Å². The van der Waals surface area contributed by atoms with Crippen LogP contribution < -0.4 is 14.8 Å². The molecule has 0 radical (unpaired) electrons. The van der Waals surface area contributed by atoms with Crippen molar-refractivity contribution in [3.8, 4) is 11.5 Å². The highest BCUT2D eigenvalue weighted by Crippen LogP contribution is 2.36.